The maximum absolute atomic E-state index is 12.8. The Labute approximate surface area is 188 Å². The van der Waals surface area contributed by atoms with Crippen molar-refractivity contribution in [3.05, 3.63) is 44.5 Å². The minimum absolute atomic E-state index is 0.0951. The molecule has 1 aliphatic carbocycles. The van der Waals surface area contributed by atoms with Crippen LogP contribution in [0.3, 0.4) is 0 Å². The zero-order chi connectivity index (χ0) is 23.0. The third-order valence-corrected chi connectivity index (χ3v) is 7.20. The quantitative estimate of drug-likeness (QED) is 0.529. The van der Waals surface area contributed by atoms with Gasteiger partial charge in [-0.15, -0.1) is 0 Å². The van der Waals surface area contributed by atoms with Gasteiger partial charge >= 0.3 is 5.63 Å². The van der Waals surface area contributed by atoms with E-state index in [1.54, 1.807) is 0 Å². The molecule has 0 fully saturated rings. The second kappa shape index (κ2) is 9.10. The van der Waals surface area contributed by atoms with Crippen molar-refractivity contribution in [1.82, 2.24) is 5.32 Å². The van der Waals surface area contributed by atoms with Crippen molar-refractivity contribution >= 4 is 27.8 Å². The Hall–Kier alpha value is -2.60. The molecule has 2 N–H and O–H groups in total. The molecule has 6 heteroatoms. The zero-order valence-electron chi connectivity index (χ0n) is 19.5. The van der Waals surface area contributed by atoms with E-state index >= 15 is 0 Å². The third-order valence-electron chi connectivity index (χ3n) is 7.20. The predicted octanol–water partition coefficient (Wildman–Crippen LogP) is 4.49. The molecule has 0 saturated heterocycles. The van der Waals surface area contributed by atoms with Gasteiger partial charge in [0.1, 0.15) is 16.9 Å². The van der Waals surface area contributed by atoms with Gasteiger partial charge in [0.15, 0.2) is 0 Å². The van der Waals surface area contributed by atoms with Crippen LogP contribution in [0.4, 0.5) is 0 Å². The lowest BCUT2D eigenvalue weighted by Gasteiger charge is -2.22. The Morgan fingerprint density at radius 1 is 1.12 bits per heavy atom. The molecule has 1 aromatic carbocycles. The van der Waals surface area contributed by atoms with E-state index in [9.17, 15) is 14.7 Å². The summed E-state index contributed by atoms with van der Waals surface area (Å²) in [6.45, 7) is 7.81. The van der Waals surface area contributed by atoms with Crippen molar-refractivity contribution in [2.75, 3.05) is 6.61 Å². The number of amides is 1. The molecule has 2 unspecified atom stereocenters. The summed E-state index contributed by atoms with van der Waals surface area (Å²) >= 11 is 0. The maximum Gasteiger partial charge on any atom is 0.339 e. The van der Waals surface area contributed by atoms with Crippen LogP contribution < -0.4 is 10.9 Å². The first-order valence-corrected chi connectivity index (χ1v) is 11.8. The topological polar surface area (TPSA) is 92.7 Å². The predicted molar refractivity (Wildman–Crippen MR) is 125 cm³/mol. The highest BCUT2D eigenvalue weighted by Crippen LogP contribution is 2.37. The fourth-order valence-corrected chi connectivity index (χ4v) is 4.88. The summed E-state index contributed by atoms with van der Waals surface area (Å²) in [5.74, 6) is 1.07. The highest BCUT2D eigenvalue weighted by Gasteiger charge is 2.23. The second-order valence-corrected chi connectivity index (χ2v) is 9.20. The molecule has 4 rings (SSSR count). The minimum atomic E-state index is -0.401. The van der Waals surface area contributed by atoms with E-state index in [1.165, 1.54) is 5.56 Å². The summed E-state index contributed by atoms with van der Waals surface area (Å²) in [6.07, 6.45) is 5.60. The maximum atomic E-state index is 12.8. The van der Waals surface area contributed by atoms with Crippen molar-refractivity contribution in [3.8, 4) is 0 Å². The lowest BCUT2D eigenvalue weighted by atomic mass is 9.93. The van der Waals surface area contributed by atoms with Crippen LogP contribution in [0.5, 0.6) is 0 Å². The Morgan fingerprint density at radius 3 is 2.56 bits per heavy atom. The van der Waals surface area contributed by atoms with Crippen molar-refractivity contribution in [2.24, 2.45) is 5.92 Å². The molecule has 172 valence electrons. The van der Waals surface area contributed by atoms with Gasteiger partial charge in [0, 0.05) is 40.3 Å². The van der Waals surface area contributed by atoms with Gasteiger partial charge in [-0.2, -0.15) is 0 Å². The van der Waals surface area contributed by atoms with Gasteiger partial charge in [-0.3, -0.25) is 4.79 Å². The summed E-state index contributed by atoms with van der Waals surface area (Å²) in [6, 6.07) is 1.82. The van der Waals surface area contributed by atoms with E-state index in [4.69, 9.17) is 8.83 Å². The van der Waals surface area contributed by atoms with Gasteiger partial charge < -0.3 is 19.3 Å². The Bertz CT molecular complexity index is 1220. The number of aryl methyl sites for hydroxylation is 4. The fraction of sp³-hybridized carbons (Fsp3) is 0.538. The number of benzene rings is 1. The number of fused-ring (bicyclic) bond motifs is 4. The summed E-state index contributed by atoms with van der Waals surface area (Å²) < 4.78 is 11.9. The van der Waals surface area contributed by atoms with Crippen molar-refractivity contribution < 1.29 is 18.7 Å². The van der Waals surface area contributed by atoms with Gasteiger partial charge in [0.2, 0.25) is 5.91 Å². The first-order chi connectivity index (χ1) is 15.3. The number of rotatable bonds is 7. The SMILES string of the molecule is CCC(C)C(CO)NC(=O)CCc1c(C)c2cc3c4c(oc3c(C)c2oc1=O)CCCC4. The zero-order valence-corrected chi connectivity index (χ0v) is 19.5. The van der Waals surface area contributed by atoms with Crippen LogP contribution in [-0.2, 0) is 24.1 Å². The first-order valence-electron chi connectivity index (χ1n) is 11.8. The Morgan fingerprint density at radius 2 is 1.84 bits per heavy atom. The van der Waals surface area contributed by atoms with Crippen molar-refractivity contribution in [1.29, 1.82) is 0 Å². The van der Waals surface area contributed by atoms with Crippen molar-refractivity contribution in [3.63, 3.8) is 0 Å². The number of nitrogens with one attached hydrogen (secondary N) is 1. The molecule has 3 aromatic rings. The summed E-state index contributed by atoms with van der Waals surface area (Å²) in [5, 5.41) is 14.5. The van der Waals surface area contributed by atoms with Gasteiger partial charge in [-0.25, -0.2) is 4.79 Å². The van der Waals surface area contributed by atoms with E-state index in [0.717, 1.165) is 65.3 Å². The molecular weight excluding hydrogens is 406 g/mol. The molecular formula is C26H33NO5. The smallest absolute Gasteiger partial charge is 0.339 e. The molecule has 2 aromatic heterocycles. The summed E-state index contributed by atoms with van der Waals surface area (Å²) in [5.41, 5.74) is 4.52. The average Bonchev–Trinajstić information content (AvgIpc) is 3.17. The van der Waals surface area contributed by atoms with E-state index in [-0.39, 0.29) is 30.9 Å². The summed E-state index contributed by atoms with van der Waals surface area (Å²) in [4.78, 5) is 25.3. The van der Waals surface area contributed by atoms with Crippen LogP contribution in [0.15, 0.2) is 19.7 Å². The van der Waals surface area contributed by atoms with Gasteiger partial charge in [-0.05, 0) is 57.1 Å². The van der Waals surface area contributed by atoms with Crippen LogP contribution in [0.25, 0.3) is 21.9 Å². The molecule has 2 atom stereocenters. The highest BCUT2D eigenvalue weighted by molar-refractivity contribution is 6.00. The minimum Gasteiger partial charge on any atom is -0.460 e. The molecule has 0 bridgehead atoms. The normalized spacial score (nSPS) is 15.7. The Kier molecular flexibility index (Phi) is 6.42. The van der Waals surface area contributed by atoms with E-state index in [2.05, 4.69) is 11.4 Å². The molecule has 2 heterocycles. The molecule has 6 nitrogen and oxygen atoms in total. The molecule has 1 aliphatic rings. The Balaban J connectivity index is 1.66. The average molecular weight is 440 g/mol. The number of aliphatic hydroxyl groups is 1. The van der Waals surface area contributed by atoms with Crippen LogP contribution in [0, 0.1) is 19.8 Å². The van der Waals surface area contributed by atoms with E-state index in [1.807, 2.05) is 27.7 Å². The van der Waals surface area contributed by atoms with Gasteiger partial charge in [0.05, 0.1) is 12.6 Å². The number of hydrogen-bond donors (Lipinski definition) is 2. The first kappa shape index (κ1) is 22.6. The van der Waals surface area contributed by atoms with Crippen LogP contribution in [0.1, 0.15) is 67.5 Å². The molecule has 1 amide bonds. The number of hydrogen-bond acceptors (Lipinski definition) is 5. The number of carbonyl (C=O) groups is 1. The van der Waals surface area contributed by atoms with Crippen LogP contribution in [-0.4, -0.2) is 23.7 Å². The number of carbonyl (C=O) groups excluding carboxylic acids is 1. The van der Waals surface area contributed by atoms with E-state index < -0.39 is 5.63 Å². The van der Waals surface area contributed by atoms with Gasteiger partial charge in [0.25, 0.3) is 0 Å². The van der Waals surface area contributed by atoms with Crippen molar-refractivity contribution in [2.45, 2.75) is 78.7 Å². The van der Waals surface area contributed by atoms with Crippen LogP contribution >= 0.6 is 0 Å². The standard InChI is InChI=1S/C26H33NO5/c1-5-14(2)21(13-28)27-23(29)11-10-17-15(3)19-12-20-18-8-6-7-9-22(18)31-25(20)16(4)24(19)32-26(17)30/h12,14,21,28H,5-11,13H2,1-4H3,(H,27,29). The lowest BCUT2D eigenvalue weighted by Crippen LogP contribution is -2.42. The van der Waals surface area contributed by atoms with E-state index in [0.29, 0.717) is 17.6 Å². The number of aliphatic hydroxyl groups excluding tert-OH is 1. The molecule has 0 radical (unpaired) electrons. The molecule has 0 spiro atoms. The summed E-state index contributed by atoms with van der Waals surface area (Å²) in [7, 11) is 0. The van der Waals surface area contributed by atoms with Crippen LogP contribution in [0.2, 0.25) is 0 Å². The molecule has 32 heavy (non-hydrogen) atoms. The highest BCUT2D eigenvalue weighted by atomic mass is 16.4. The second-order valence-electron chi connectivity index (χ2n) is 9.20. The number of furan rings is 1. The lowest BCUT2D eigenvalue weighted by molar-refractivity contribution is -0.122. The fourth-order valence-electron chi connectivity index (χ4n) is 4.88. The van der Waals surface area contributed by atoms with Gasteiger partial charge in [-0.1, -0.05) is 20.3 Å². The molecule has 0 aliphatic heterocycles. The monoisotopic (exact) mass is 439 g/mol. The molecule has 0 saturated carbocycles. The largest absolute Gasteiger partial charge is 0.460 e. The third kappa shape index (κ3) is 3.96.